The van der Waals surface area contributed by atoms with Crippen molar-refractivity contribution >= 4 is 0 Å². The van der Waals surface area contributed by atoms with Crippen LogP contribution in [-0.4, -0.2) is 0 Å². The first-order chi connectivity index (χ1) is 17.5. The van der Waals surface area contributed by atoms with E-state index in [9.17, 15) is 0 Å². The maximum atomic E-state index is 2.28. The summed E-state index contributed by atoms with van der Waals surface area (Å²) >= 11 is 0. The van der Waals surface area contributed by atoms with E-state index in [1.54, 1.807) is 0 Å². The Kier molecular flexibility index (Phi) is 21.2. The largest absolute Gasteiger partial charge is 0.0888 e. The van der Waals surface area contributed by atoms with Crippen molar-refractivity contribution in [1.82, 2.24) is 0 Å². The molecule has 0 saturated heterocycles. The zero-order valence-electron chi connectivity index (χ0n) is 24.7. The van der Waals surface area contributed by atoms with Crippen molar-refractivity contribution in [3.63, 3.8) is 0 Å². The number of benzene rings is 3. The average Bonchev–Trinajstić information content (AvgIpc) is 2.96. The fourth-order valence-corrected chi connectivity index (χ4v) is 3.66. The van der Waals surface area contributed by atoms with Crippen molar-refractivity contribution in [1.29, 1.82) is 0 Å². The second-order valence-electron chi connectivity index (χ2n) is 8.81. The predicted molar refractivity (Wildman–Crippen MR) is 165 cm³/mol. The van der Waals surface area contributed by atoms with Crippen LogP contribution >= 0.6 is 0 Å². The molecule has 0 aliphatic rings. The number of hydrogen-bond acceptors (Lipinski definition) is 0. The van der Waals surface area contributed by atoms with Gasteiger partial charge in [0, 0.05) is 0 Å². The van der Waals surface area contributed by atoms with Crippen molar-refractivity contribution in [3.05, 3.63) is 118 Å². The minimum Gasteiger partial charge on any atom is -0.0888 e. The van der Waals surface area contributed by atoms with Crippen molar-refractivity contribution in [3.8, 4) is 0 Å². The van der Waals surface area contributed by atoms with Gasteiger partial charge in [0.25, 0.3) is 0 Å². The summed E-state index contributed by atoms with van der Waals surface area (Å²) < 4.78 is 0. The topological polar surface area (TPSA) is 0 Å². The van der Waals surface area contributed by atoms with Crippen LogP contribution in [0.1, 0.15) is 102 Å². The van der Waals surface area contributed by atoms with Crippen molar-refractivity contribution < 1.29 is 0 Å². The molecule has 36 heavy (non-hydrogen) atoms. The smallest absolute Gasteiger partial charge is 0.0305 e. The summed E-state index contributed by atoms with van der Waals surface area (Å²) in [5.41, 5.74) is 8.73. The molecular formula is C36H54. The molecule has 0 fully saturated rings. The highest BCUT2D eigenvalue weighted by Crippen LogP contribution is 2.09. The summed E-state index contributed by atoms with van der Waals surface area (Å²) in [6, 6.07) is 26.2. The van der Waals surface area contributed by atoms with Crippen LogP contribution in [0.5, 0.6) is 0 Å². The van der Waals surface area contributed by atoms with Gasteiger partial charge in [-0.3, -0.25) is 0 Å². The lowest BCUT2D eigenvalue weighted by molar-refractivity contribution is 1.04. The lowest BCUT2D eigenvalue weighted by atomic mass is 10.0. The van der Waals surface area contributed by atoms with Crippen molar-refractivity contribution in [2.75, 3.05) is 0 Å². The molecule has 0 aliphatic heterocycles. The third kappa shape index (κ3) is 15.4. The van der Waals surface area contributed by atoms with Gasteiger partial charge in [0.1, 0.15) is 0 Å². The van der Waals surface area contributed by atoms with E-state index in [0.717, 1.165) is 38.5 Å². The van der Waals surface area contributed by atoms with Gasteiger partial charge >= 0.3 is 0 Å². The second kappa shape index (κ2) is 22.8. The molecule has 0 amide bonds. The van der Waals surface area contributed by atoms with Crippen LogP contribution in [0.3, 0.4) is 0 Å². The molecule has 0 heteroatoms. The first-order valence-electron chi connectivity index (χ1n) is 14.4. The Morgan fingerprint density at radius 3 is 1.03 bits per heavy atom. The van der Waals surface area contributed by atoms with E-state index in [1.807, 2.05) is 0 Å². The number of hydrogen-bond donors (Lipinski definition) is 0. The Morgan fingerprint density at radius 2 is 0.750 bits per heavy atom. The average molecular weight is 487 g/mol. The van der Waals surface area contributed by atoms with E-state index in [1.165, 1.54) is 46.2 Å². The normalized spacial score (nSPS) is 9.89. The summed E-state index contributed by atoms with van der Waals surface area (Å²) in [5, 5.41) is 0. The number of aryl methyl sites for hydroxylation is 6. The molecule has 3 aromatic carbocycles. The Morgan fingerprint density at radius 1 is 0.389 bits per heavy atom. The second-order valence-corrected chi connectivity index (χ2v) is 8.81. The predicted octanol–water partition coefficient (Wildman–Crippen LogP) is 10.8. The maximum absolute atomic E-state index is 2.28. The minimum absolute atomic E-state index is 1.14. The molecule has 0 bridgehead atoms. The summed E-state index contributed by atoms with van der Waals surface area (Å²) in [5.74, 6) is 0. The van der Waals surface area contributed by atoms with E-state index in [-0.39, 0.29) is 0 Å². The first-order valence-corrected chi connectivity index (χ1v) is 14.4. The van der Waals surface area contributed by atoms with Crippen LogP contribution in [0.4, 0.5) is 0 Å². The highest BCUT2D eigenvalue weighted by molar-refractivity contribution is 5.26. The molecule has 0 atom stereocenters. The zero-order chi connectivity index (χ0) is 27.0. The lowest BCUT2D eigenvalue weighted by Gasteiger charge is -2.02. The molecule has 3 aromatic rings. The summed E-state index contributed by atoms with van der Waals surface area (Å²) in [6.07, 6.45) is 13.6. The Labute approximate surface area is 224 Å². The Balaban J connectivity index is 0.000000462. The van der Waals surface area contributed by atoms with Gasteiger partial charge in [0.15, 0.2) is 0 Å². The van der Waals surface area contributed by atoms with E-state index in [2.05, 4.69) is 140 Å². The SMILES string of the molecule is CC/C=C/CC.CCc1ccc(CC)cc1.CCc1cccc(CC)c1.CCc1ccccc1CC. The van der Waals surface area contributed by atoms with Gasteiger partial charge < -0.3 is 0 Å². The fraction of sp³-hybridized carbons (Fsp3) is 0.444. The highest BCUT2D eigenvalue weighted by atomic mass is 14.0. The van der Waals surface area contributed by atoms with Gasteiger partial charge in [-0.05, 0) is 84.7 Å². The summed E-state index contributed by atoms with van der Waals surface area (Å²) in [7, 11) is 0. The zero-order valence-corrected chi connectivity index (χ0v) is 24.7. The summed E-state index contributed by atoms with van der Waals surface area (Å²) in [6.45, 7) is 17.4. The standard InChI is InChI=1S/3C10H14.C6H12/c1-3-9-5-7-10(4-2)8-6-9;1-3-9-6-5-7-10(4-2)8-9;1-3-9-7-5-6-8-10(9)4-2;1-3-5-6-4-2/h3*5-8H,3-4H2,1-2H3;5-6H,3-4H2,1-2H3/b;;;6-5+. The highest BCUT2D eigenvalue weighted by Gasteiger charge is 1.94. The number of allylic oxidation sites excluding steroid dienone is 2. The molecule has 0 saturated carbocycles. The molecular weight excluding hydrogens is 432 g/mol. The number of rotatable bonds is 8. The van der Waals surface area contributed by atoms with Crippen molar-refractivity contribution in [2.45, 2.75) is 107 Å². The van der Waals surface area contributed by atoms with E-state index < -0.39 is 0 Å². The van der Waals surface area contributed by atoms with Crippen LogP contribution < -0.4 is 0 Å². The van der Waals surface area contributed by atoms with Gasteiger partial charge in [-0.25, -0.2) is 0 Å². The fourth-order valence-electron chi connectivity index (χ4n) is 3.66. The molecule has 0 aromatic heterocycles. The minimum atomic E-state index is 1.14. The Bertz CT molecular complexity index is 844. The molecule has 0 N–H and O–H groups in total. The lowest BCUT2D eigenvalue weighted by Crippen LogP contribution is -1.88. The monoisotopic (exact) mass is 486 g/mol. The first kappa shape index (κ1) is 33.4. The third-order valence-electron chi connectivity index (χ3n) is 6.17. The molecule has 0 aliphatic carbocycles. The van der Waals surface area contributed by atoms with Crippen molar-refractivity contribution in [2.24, 2.45) is 0 Å². The van der Waals surface area contributed by atoms with Crippen LogP contribution in [-0.2, 0) is 38.5 Å². The van der Waals surface area contributed by atoms with Crippen LogP contribution in [0, 0.1) is 0 Å². The van der Waals surface area contributed by atoms with Gasteiger partial charge in [-0.1, -0.05) is 140 Å². The van der Waals surface area contributed by atoms with Crippen LogP contribution in [0.15, 0.2) is 84.9 Å². The molecule has 0 heterocycles. The van der Waals surface area contributed by atoms with Gasteiger partial charge in [0.05, 0.1) is 0 Å². The van der Waals surface area contributed by atoms with E-state index in [4.69, 9.17) is 0 Å². The van der Waals surface area contributed by atoms with Crippen LogP contribution in [0.25, 0.3) is 0 Å². The molecule has 198 valence electrons. The van der Waals surface area contributed by atoms with Crippen LogP contribution in [0.2, 0.25) is 0 Å². The Hall–Kier alpha value is -2.60. The molecule has 0 nitrogen and oxygen atoms in total. The molecule has 3 rings (SSSR count). The maximum Gasteiger partial charge on any atom is -0.0305 e. The molecule has 0 unspecified atom stereocenters. The molecule has 0 spiro atoms. The quantitative estimate of drug-likeness (QED) is 0.278. The third-order valence-corrected chi connectivity index (χ3v) is 6.17. The van der Waals surface area contributed by atoms with Gasteiger partial charge in [-0.2, -0.15) is 0 Å². The van der Waals surface area contributed by atoms with Gasteiger partial charge in [-0.15, -0.1) is 0 Å². The summed E-state index contributed by atoms with van der Waals surface area (Å²) in [4.78, 5) is 0. The molecule has 0 radical (unpaired) electrons. The van der Waals surface area contributed by atoms with E-state index >= 15 is 0 Å². The van der Waals surface area contributed by atoms with E-state index in [0.29, 0.717) is 0 Å². The van der Waals surface area contributed by atoms with Gasteiger partial charge in [0.2, 0.25) is 0 Å².